The van der Waals surface area contributed by atoms with E-state index in [-0.39, 0.29) is 24.2 Å². The van der Waals surface area contributed by atoms with Gasteiger partial charge in [0, 0.05) is 24.5 Å². The second kappa shape index (κ2) is 6.38. The lowest BCUT2D eigenvalue weighted by atomic mass is 10.0. The standard InChI is InChI=1S/C10H14N2O.ClH/c1-8(10(11)13)5-6-9-4-2-3-7-12-9;/h2-4,7-8H,5-6H2,1H3,(H2,11,13);1H. The number of nitrogens with two attached hydrogens (primary N) is 1. The Morgan fingerprint density at radius 2 is 2.29 bits per heavy atom. The fraction of sp³-hybridized carbons (Fsp3) is 0.400. The Labute approximate surface area is 90.1 Å². The SMILES string of the molecule is CC(CCc1cccc[nH+]1)C(N)=O.[Cl-]. The predicted molar refractivity (Wildman–Crippen MR) is 49.7 cm³/mol. The van der Waals surface area contributed by atoms with Crippen molar-refractivity contribution < 1.29 is 22.2 Å². The van der Waals surface area contributed by atoms with E-state index in [1.165, 1.54) is 0 Å². The normalized spacial score (nSPS) is 11.5. The van der Waals surface area contributed by atoms with Crippen molar-refractivity contribution >= 4 is 5.91 Å². The van der Waals surface area contributed by atoms with Gasteiger partial charge in [-0.1, -0.05) is 13.0 Å². The number of H-pyrrole nitrogens is 1. The minimum atomic E-state index is -0.226. The topological polar surface area (TPSA) is 57.2 Å². The predicted octanol–water partition coefficient (Wildman–Crippen LogP) is -2.44. The summed E-state index contributed by atoms with van der Waals surface area (Å²) in [5.41, 5.74) is 6.29. The van der Waals surface area contributed by atoms with E-state index in [1.807, 2.05) is 31.3 Å². The first-order chi connectivity index (χ1) is 6.20. The molecule has 1 atom stereocenters. The molecular weight excluding hydrogens is 200 g/mol. The first-order valence-electron chi connectivity index (χ1n) is 4.45. The van der Waals surface area contributed by atoms with Gasteiger partial charge in [-0.3, -0.25) is 4.79 Å². The minimum absolute atomic E-state index is 0. The number of nitrogens with one attached hydrogen (secondary N) is 1. The number of hydrogen-bond donors (Lipinski definition) is 1. The quantitative estimate of drug-likeness (QED) is 0.595. The van der Waals surface area contributed by atoms with Gasteiger partial charge in [-0.25, -0.2) is 4.98 Å². The van der Waals surface area contributed by atoms with Gasteiger partial charge in [0.25, 0.3) is 0 Å². The highest BCUT2D eigenvalue weighted by Crippen LogP contribution is 2.04. The van der Waals surface area contributed by atoms with Crippen LogP contribution in [0.3, 0.4) is 0 Å². The Hall–Kier alpha value is -1.09. The average molecular weight is 215 g/mol. The first kappa shape index (κ1) is 12.9. The van der Waals surface area contributed by atoms with Crippen molar-refractivity contribution in [3.63, 3.8) is 0 Å². The van der Waals surface area contributed by atoms with Crippen LogP contribution < -0.4 is 23.1 Å². The van der Waals surface area contributed by atoms with Crippen molar-refractivity contribution in [2.24, 2.45) is 11.7 Å². The average Bonchev–Trinajstić information content (AvgIpc) is 2.15. The lowest BCUT2D eigenvalue weighted by molar-refractivity contribution is -0.390. The molecule has 1 rings (SSSR count). The van der Waals surface area contributed by atoms with Gasteiger partial charge in [-0.05, 0) is 6.42 Å². The molecule has 0 aliphatic heterocycles. The molecule has 1 aromatic heterocycles. The lowest BCUT2D eigenvalue weighted by Gasteiger charge is -2.03. The third kappa shape index (κ3) is 4.23. The number of halogens is 1. The molecule has 0 radical (unpaired) electrons. The van der Waals surface area contributed by atoms with Crippen LogP contribution in [0.4, 0.5) is 0 Å². The number of carbonyl (C=O) groups excluding carboxylic acids is 1. The molecule has 1 amide bonds. The summed E-state index contributed by atoms with van der Waals surface area (Å²) in [5.74, 6) is -0.274. The molecule has 14 heavy (non-hydrogen) atoms. The lowest BCUT2D eigenvalue weighted by Crippen LogP contribution is -3.00. The molecule has 1 unspecified atom stereocenters. The van der Waals surface area contributed by atoms with Crippen molar-refractivity contribution in [1.82, 2.24) is 0 Å². The summed E-state index contributed by atoms with van der Waals surface area (Å²) in [6.07, 6.45) is 3.55. The number of hydrogen-bond acceptors (Lipinski definition) is 1. The molecule has 78 valence electrons. The third-order valence-electron chi connectivity index (χ3n) is 2.11. The van der Waals surface area contributed by atoms with Crippen molar-refractivity contribution in [2.45, 2.75) is 19.8 Å². The summed E-state index contributed by atoms with van der Waals surface area (Å²) in [4.78, 5) is 13.8. The molecule has 0 saturated carbocycles. The highest BCUT2D eigenvalue weighted by molar-refractivity contribution is 5.76. The molecule has 1 heterocycles. The highest BCUT2D eigenvalue weighted by Gasteiger charge is 2.10. The Balaban J connectivity index is 0.00000169. The van der Waals surface area contributed by atoms with E-state index in [2.05, 4.69) is 4.98 Å². The summed E-state index contributed by atoms with van der Waals surface area (Å²) in [6.45, 7) is 1.85. The molecule has 0 aromatic carbocycles. The van der Waals surface area contributed by atoms with Gasteiger partial charge in [0.15, 0.2) is 11.9 Å². The van der Waals surface area contributed by atoms with E-state index in [0.717, 1.165) is 18.5 Å². The van der Waals surface area contributed by atoms with E-state index in [9.17, 15) is 4.79 Å². The number of aromatic amines is 1. The van der Waals surface area contributed by atoms with Gasteiger partial charge < -0.3 is 18.1 Å². The van der Waals surface area contributed by atoms with E-state index in [4.69, 9.17) is 5.73 Å². The van der Waals surface area contributed by atoms with Crippen LogP contribution in [0.25, 0.3) is 0 Å². The van der Waals surface area contributed by atoms with Crippen LogP contribution in [-0.4, -0.2) is 5.91 Å². The van der Waals surface area contributed by atoms with Crippen LogP contribution >= 0.6 is 0 Å². The molecule has 4 heteroatoms. The van der Waals surface area contributed by atoms with Crippen molar-refractivity contribution in [3.8, 4) is 0 Å². The number of rotatable bonds is 4. The zero-order valence-electron chi connectivity index (χ0n) is 8.16. The zero-order valence-corrected chi connectivity index (χ0v) is 8.92. The van der Waals surface area contributed by atoms with Gasteiger partial charge in [-0.15, -0.1) is 0 Å². The minimum Gasteiger partial charge on any atom is -1.00 e. The highest BCUT2D eigenvalue weighted by atomic mass is 35.5. The van der Waals surface area contributed by atoms with Crippen LogP contribution in [0.1, 0.15) is 19.0 Å². The molecule has 0 fully saturated rings. The number of aryl methyl sites for hydroxylation is 1. The van der Waals surface area contributed by atoms with Crippen LogP contribution in [0.5, 0.6) is 0 Å². The van der Waals surface area contributed by atoms with Gasteiger partial charge in [0.1, 0.15) is 0 Å². The number of amides is 1. The summed E-state index contributed by atoms with van der Waals surface area (Å²) in [5, 5.41) is 0. The second-order valence-electron chi connectivity index (χ2n) is 3.23. The molecular formula is C10H15ClN2O. The summed E-state index contributed by atoms with van der Waals surface area (Å²) < 4.78 is 0. The van der Waals surface area contributed by atoms with Crippen LogP contribution in [-0.2, 0) is 11.2 Å². The maximum atomic E-state index is 10.7. The number of pyridine rings is 1. The Morgan fingerprint density at radius 3 is 2.79 bits per heavy atom. The van der Waals surface area contributed by atoms with Crippen LogP contribution in [0.2, 0.25) is 0 Å². The maximum absolute atomic E-state index is 10.7. The van der Waals surface area contributed by atoms with E-state index < -0.39 is 0 Å². The number of carbonyl (C=O) groups is 1. The fourth-order valence-corrected chi connectivity index (χ4v) is 1.10. The fourth-order valence-electron chi connectivity index (χ4n) is 1.10. The number of primary amides is 1. The maximum Gasteiger partial charge on any atom is 0.220 e. The molecule has 1 aromatic rings. The zero-order chi connectivity index (χ0) is 9.68. The van der Waals surface area contributed by atoms with Gasteiger partial charge in [-0.2, -0.15) is 0 Å². The first-order valence-corrected chi connectivity index (χ1v) is 4.45. The van der Waals surface area contributed by atoms with Crippen molar-refractivity contribution in [2.75, 3.05) is 0 Å². The molecule has 3 N–H and O–H groups in total. The van der Waals surface area contributed by atoms with Crippen molar-refractivity contribution in [3.05, 3.63) is 30.1 Å². The molecule has 0 aliphatic rings. The molecule has 0 aliphatic carbocycles. The molecule has 0 saturated heterocycles. The Morgan fingerprint density at radius 1 is 1.57 bits per heavy atom. The smallest absolute Gasteiger partial charge is 0.220 e. The summed E-state index contributed by atoms with van der Waals surface area (Å²) in [7, 11) is 0. The molecule has 0 spiro atoms. The second-order valence-corrected chi connectivity index (χ2v) is 3.23. The van der Waals surface area contributed by atoms with Gasteiger partial charge in [0.05, 0.1) is 0 Å². The van der Waals surface area contributed by atoms with Gasteiger partial charge in [0.2, 0.25) is 5.91 Å². The largest absolute Gasteiger partial charge is 1.00 e. The van der Waals surface area contributed by atoms with Crippen LogP contribution in [0.15, 0.2) is 24.4 Å². The van der Waals surface area contributed by atoms with E-state index in [0.29, 0.717) is 0 Å². The van der Waals surface area contributed by atoms with Gasteiger partial charge >= 0.3 is 0 Å². The summed E-state index contributed by atoms with van der Waals surface area (Å²) in [6, 6.07) is 5.91. The monoisotopic (exact) mass is 214 g/mol. The number of aromatic nitrogens is 1. The molecule has 3 nitrogen and oxygen atoms in total. The molecule has 0 bridgehead atoms. The Bertz CT molecular complexity index is 277. The summed E-state index contributed by atoms with van der Waals surface area (Å²) >= 11 is 0. The van der Waals surface area contributed by atoms with Crippen molar-refractivity contribution in [1.29, 1.82) is 0 Å². The van der Waals surface area contributed by atoms with Crippen LogP contribution in [0, 0.1) is 5.92 Å². The third-order valence-corrected chi connectivity index (χ3v) is 2.11. The van der Waals surface area contributed by atoms with E-state index in [1.54, 1.807) is 0 Å². The van der Waals surface area contributed by atoms with E-state index >= 15 is 0 Å². The Kier molecular flexibility index (Phi) is 5.88.